The normalized spacial score (nSPS) is 10.8. The number of alkyl halides is 3. The van der Waals surface area contributed by atoms with Crippen LogP contribution in [-0.2, 0) is 6.18 Å². The van der Waals surface area contributed by atoms with Crippen molar-refractivity contribution in [2.24, 2.45) is 0 Å². The lowest BCUT2D eigenvalue weighted by molar-refractivity contribution is -0.137. The van der Waals surface area contributed by atoms with Gasteiger partial charge in [0.15, 0.2) is 0 Å². The van der Waals surface area contributed by atoms with E-state index in [1.165, 1.54) is 18.2 Å². The first-order valence-electron chi connectivity index (χ1n) is 5.30. The third-order valence-electron chi connectivity index (χ3n) is 2.33. The molecule has 3 nitrogen and oxygen atoms in total. The molecule has 0 atom stereocenters. The minimum absolute atomic E-state index is 0.192. The smallest absolute Gasteiger partial charge is 0.340 e. The average Bonchev–Trinajstić information content (AvgIpc) is 2.38. The van der Waals surface area contributed by atoms with Gasteiger partial charge < -0.3 is 5.32 Å². The molecule has 96 valence electrons. The molecular weight excluding hydrogens is 255 g/mol. The van der Waals surface area contributed by atoms with Crippen molar-refractivity contribution >= 4 is 11.5 Å². The molecule has 2 aromatic rings. The highest BCUT2D eigenvalue weighted by atomic mass is 19.4. The molecule has 0 radical (unpaired) electrons. The lowest BCUT2D eigenvalue weighted by Crippen LogP contribution is -2.05. The maximum atomic E-state index is 12.5. The molecular formula is C13H8F3N3. The van der Waals surface area contributed by atoms with Crippen LogP contribution >= 0.6 is 0 Å². The number of hydrogen-bond acceptors (Lipinski definition) is 3. The lowest BCUT2D eigenvalue weighted by Gasteiger charge is -2.10. The van der Waals surface area contributed by atoms with Crippen LogP contribution in [0.2, 0.25) is 0 Å². The van der Waals surface area contributed by atoms with E-state index in [1.807, 2.05) is 6.07 Å². The van der Waals surface area contributed by atoms with Crippen molar-refractivity contribution in [1.82, 2.24) is 4.98 Å². The number of nitrogens with zero attached hydrogens (tertiary/aromatic N) is 2. The fraction of sp³-hybridized carbons (Fsp3) is 0.0769. The van der Waals surface area contributed by atoms with Gasteiger partial charge in [0.1, 0.15) is 17.6 Å². The van der Waals surface area contributed by atoms with Crippen molar-refractivity contribution in [2.45, 2.75) is 6.18 Å². The lowest BCUT2D eigenvalue weighted by atomic mass is 10.2. The monoisotopic (exact) mass is 263 g/mol. The predicted octanol–water partition coefficient (Wildman–Crippen LogP) is 3.72. The number of benzene rings is 1. The molecule has 1 N–H and O–H groups in total. The molecule has 1 aromatic carbocycles. The van der Waals surface area contributed by atoms with E-state index >= 15 is 0 Å². The van der Waals surface area contributed by atoms with Crippen LogP contribution in [0.4, 0.5) is 24.7 Å². The molecule has 0 spiro atoms. The van der Waals surface area contributed by atoms with E-state index in [9.17, 15) is 13.2 Å². The Balaban J connectivity index is 2.26. The van der Waals surface area contributed by atoms with Crippen molar-refractivity contribution in [1.29, 1.82) is 5.26 Å². The number of nitrogens with one attached hydrogen (secondary N) is 1. The number of halogens is 3. The van der Waals surface area contributed by atoms with Gasteiger partial charge in [0.25, 0.3) is 0 Å². The van der Waals surface area contributed by atoms with Crippen LogP contribution in [0.15, 0.2) is 42.5 Å². The predicted molar refractivity (Wildman–Crippen MR) is 63.7 cm³/mol. The second kappa shape index (κ2) is 4.98. The van der Waals surface area contributed by atoms with Crippen molar-refractivity contribution in [2.75, 3.05) is 5.32 Å². The third-order valence-corrected chi connectivity index (χ3v) is 2.33. The van der Waals surface area contributed by atoms with E-state index in [0.717, 1.165) is 12.1 Å². The Labute approximate surface area is 107 Å². The van der Waals surface area contributed by atoms with E-state index in [2.05, 4.69) is 10.3 Å². The zero-order chi connectivity index (χ0) is 13.9. The third kappa shape index (κ3) is 3.22. The SMILES string of the molecule is N#Cc1cccc(Nc2cccc(C(F)(F)F)c2)n1. The summed E-state index contributed by atoms with van der Waals surface area (Å²) in [6.45, 7) is 0. The van der Waals surface area contributed by atoms with Gasteiger partial charge >= 0.3 is 6.18 Å². The van der Waals surface area contributed by atoms with E-state index < -0.39 is 11.7 Å². The zero-order valence-corrected chi connectivity index (χ0v) is 9.57. The van der Waals surface area contributed by atoms with Gasteiger partial charge in [0.2, 0.25) is 0 Å². The van der Waals surface area contributed by atoms with Gasteiger partial charge in [0, 0.05) is 5.69 Å². The van der Waals surface area contributed by atoms with E-state index in [4.69, 9.17) is 5.26 Å². The summed E-state index contributed by atoms with van der Waals surface area (Å²) in [6, 6.07) is 11.3. The van der Waals surface area contributed by atoms with Crippen LogP contribution in [-0.4, -0.2) is 4.98 Å². The number of rotatable bonds is 2. The topological polar surface area (TPSA) is 48.7 Å². The standard InChI is InChI=1S/C13H8F3N3/c14-13(15,16)9-3-1-4-10(7-9)18-12-6-2-5-11(8-17)19-12/h1-7H,(H,18,19). The summed E-state index contributed by atoms with van der Waals surface area (Å²) in [7, 11) is 0. The van der Waals surface area contributed by atoms with Crippen LogP contribution in [0.5, 0.6) is 0 Å². The molecule has 0 saturated carbocycles. The fourth-order valence-electron chi connectivity index (χ4n) is 1.49. The molecule has 0 bridgehead atoms. The molecule has 0 saturated heterocycles. The van der Waals surface area contributed by atoms with Gasteiger partial charge in [0.05, 0.1) is 5.56 Å². The van der Waals surface area contributed by atoms with Gasteiger partial charge in [-0.2, -0.15) is 18.4 Å². The molecule has 19 heavy (non-hydrogen) atoms. The van der Waals surface area contributed by atoms with Crippen LogP contribution < -0.4 is 5.32 Å². The Kier molecular flexibility index (Phi) is 3.38. The number of hydrogen-bond donors (Lipinski definition) is 1. The van der Waals surface area contributed by atoms with Gasteiger partial charge in [-0.15, -0.1) is 0 Å². The molecule has 0 aliphatic rings. The molecule has 0 unspecified atom stereocenters. The Morgan fingerprint density at radius 2 is 1.84 bits per heavy atom. The summed E-state index contributed by atoms with van der Waals surface area (Å²) < 4.78 is 37.6. The van der Waals surface area contributed by atoms with Crippen molar-refractivity contribution in [3.05, 3.63) is 53.7 Å². The minimum Gasteiger partial charge on any atom is -0.340 e. The van der Waals surface area contributed by atoms with E-state index in [-0.39, 0.29) is 11.4 Å². The van der Waals surface area contributed by atoms with Crippen LogP contribution in [0, 0.1) is 11.3 Å². The maximum Gasteiger partial charge on any atom is 0.416 e. The first kappa shape index (κ1) is 12.9. The Hall–Kier alpha value is -2.55. The van der Waals surface area contributed by atoms with Crippen molar-refractivity contribution in [3.8, 4) is 6.07 Å². The highest BCUT2D eigenvalue weighted by molar-refractivity contribution is 5.57. The summed E-state index contributed by atoms with van der Waals surface area (Å²) in [4.78, 5) is 3.92. The minimum atomic E-state index is -4.39. The van der Waals surface area contributed by atoms with Crippen LogP contribution in [0.25, 0.3) is 0 Å². The van der Waals surface area contributed by atoms with E-state index in [0.29, 0.717) is 5.82 Å². The first-order valence-corrected chi connectivity index (χ1v) is 5.30. The Morgan fingerprint density at radius 3 is 2.53 bits per heavy atom. The van der Waals surface area contributed by atoms with Crippen LogP contribution in [0.3, 0.4) is 0 Å². The summed E-state index contributed by atoms with van der Waals surface area (Å²) in [5.74, 6) is 0.318. The quantitative estimate of drug-likeness (QED) is 0.898. The highest BCUT2D eigenvalue weighted by Crippen LogP contribution is 2.31. The second-order valence-corrected chi connectivity index (χ2v) is 3.72. The van der Waals surface area contributed by atoms with Crippen molar-refractivity contribution < 1.29 is 13.2 Å². The molecule has 1 aromatic heterocycles. The van der Waals surface area contributed by atoms with Gasteiger partial charge in [-0.1, -0.05) is 12.1 Å². The summed E-state index contributed by atoms with van der Waals surface area (Å²) in [5, 5.41) is 11.4. The number of nitriles is 1. The molecule has 1 heterocycles. The summed E-state index contributed by atoms with van der Waals surface area (Å²) >= 11 is 0. The zero-order valence-electron chi connectivity index (χ0n) is 9.57. The van der Waals surface area contributed by atoms with Gasteiger partial charge in [-0.3, -0.25) is 0 Å². The summed E-state index contributed by atoms with van der Waals surface area (Å²) in [5.41, 5.74) is -0.289. The number of anilines is 2. The largest absolute Gasteiger partial charge is 0.416 e. The first-order chi connectivity index (χ1) is 8.99. The van der Waals surface area contributed by atoms with E-state index in [1.54, 1.807) is 12.1 Å². The summed E-state index contributed by atoms with van der Waals surface area (Å²) in [6.07, 6.45) is -4.39. The molecule has 2 rings (SSSR count). The second-order valence-electron chi connectivity index (χ2n) is 3.72. The average molecular weight is 263 g/mol. The van der Waals surface area contributed by atoms with Crippen molar-refractivity contribution in [3.63, 3.8) is 0 Å². The molecule has 0 aliphatic heterocycles. The number of aromatic nitrogens is 1. The highest BCUT2D eigenvalue weighted by Gasteiger charge is 2.30. The van der Waals surface area contributed by atoms with Gasteiger partial charge in [-0.25, -0.2) is 4.98 Å². The molecule has 0 amide bonds. The Morgan fingerprint density at radius 1 is 1.11 bits per heavy atom. The maximum absolute atomic E-state index is 12.5. The Bertz CT molecular complexity index is 630. The number of pyridine rings is 1. The fourth-order valence-corrected chi connectivity index (χ4v) is 1.49. The molecule has 0 aliphatic carbocycles. The van der Waals surface area contributed by atoms with Gasteiger partial charge in [-0.05, 0) is 30.3 Å². The van der Waals surface area contributed by atoms with Crippen LogP contribution in [0.1, 0.15) is 11.3 Å². The molecule has 0 fully saturated rings. The molecule has 6 heteroatoms.